The van der Waals surface area contributed by atoms with E-state index in [9.17, 15) is 4.79 Å². The molecule has 0 aliphatic rings. The lowest BCUT2D eigenvalue weighted by molar-refractivity contribution is -0.117. The Morgan fingerprint density at radius 1 is 1.41 bits per heavy atom. The van der Waals surface area contributed by atoms with Gasteiger partial charge in [-0.1, -0.05) is 23.2 Å². The summed E-state index contributed by atoms with van der Waals surface area (Å²) in [4.78, 5) is 11.7. The first-order chi connectivity index (χ1) is 8.02. The average molecular weight is 277 g/mol. The number of amides is 1. The molecule has 0 aliphatic heterocycles. The monoisotopic (exact) mass is 276 g/mol. The van der Waals surface area contributed by atoms with E-state index in [1.165, 1.54) is 0 Å². The van der Waals surface area contributed by atoms with Gasteiger partial charge in [0, 0.05) is 29.4 Å². The Bertz CT molecular complexity index is 379. The molecule has 94 valence electrons. The predicted octanol–water partition coefficient (Wildman–Crippen LogP) is 2.30. The second kappa shape index (κ2) is 6.81. The van der Waals surface area contributed by atoms with Crippen LogP contribution in [0.4, 0.5) is 5.69 Å². The minimum absolute atomic E-state index is 0.291. The molecule has 0 heterocycles. The number of carbonyl (C=O) groups is 1. The normalized spacial score (nSPS) is 12.2. The van der Waals surface area contributed by atoms with Gasteiger partial charge in [-0.05, 0) is 24.6 Å². The molecule has 0 saturated carbocycles. The number of ether oxygens (including phenoxy) is 1. The van der Waals surface area contributed by atoms with Crippen LogP contribution in [0.2, 0.25) is 10.0 Å². The number of carbonyl (C=O) groups excluding carboxylic acids is 1. The Morgan fingerprint density at radius 2 is 2.00 bits per heavy atom. The SMILES string of the molecule is COCCC(N)C(=O)Nc1cc(Cl)cc(Cl)c1. The van der Waals surface area contributed by atoms with E-state index in [-0.39, 0.29) is 5.91 Å². The highest BCUT2D eigenvalue weighted by Crippen LogP contribution is 2.22. The number of hydrogen-bond acceptors (Lipinski definition) is 3. The molecule has 1 aromatic rings. The van der Waals surface area contributed by atoms with E-state index < -0.39 is 6.04 Å². The van der Waals surface area contributed by atoms with Crippen LogP contribution < -0.4 is 11.1 Å². The molecule has 1 amide bonds. The summed E-state index contributed by atoms with van der Waals surface area (Å²) in [5.74, 6) is -0.291. The maximum atomic E-state index is 11.7. The minimum Gasteiger partial charge on any atom is -0.385 e. The van der Waals surface area contributed by atoms with Gasteiger partial charge in [-0.3, -0.25) is 4.79 Å². The maximum absolute atomic E-state index is 11.7. The van der Waals surface area contributed by atoms with Crippen LogP contribution in [0.25, 0.3) is 0 Å². The second-order valence-electron chi connectivity index (χ2n) is 3.54. The van der Waals surface area contributed by atoms with E-state index in [0.717, 1.165) is 0 Å². The molecule has 0 fully saturated rings. The van der Waals surface area contributed by atoms with E-state index in [1.807, 2.05) is 0 Å². The van der Waals surface area contributed by atoms with Crippen LogP contribution in [0.1, 0.15) is 6.42 Å². The van der Waals surface area contributed by atoms with Crippen LogP contribution in [0.3, 0.4) is 0 Å². The fourth-order valence-corrected chi connectivity index (χ4v) is 1.76. The summed E-state index contributed by atoms with van der Waals surface area (Å²) < 4.78 is 4.85. The molecule has 0 saturated heterocycles. The first-order valence-electron chi connectivity index (χ1n) is 5.04. The Kier molecular flexibility index (Phi) is 5.71. The maximum Gasteiger partial charge on any atom is 0.241 e. The highest BCUT2D eigenvalue weighted by Gasteiger charge is 2.13. The molecule has 0 radical (unpaired) electrons. The molecule has 1 rings (SSSR count). The molecule has 0 aliphatic carbocycles. The Morgan fingerprint density at radius 3 is 2.53 bits per heavy atom. The molecule has 6 heteroatoms. The van der Waals surface area contributed by atoms with Crippen LogP contribution in [0.15, 0.2) is 18.2 Å². The van der Waals surface area contributed by atoms with Crippen LogP contribution in [-0.2, 0) is 9.53 Å². The second-order valence-corrected chi connectivity index (χ2v) is 4.41. The summed E-state index contributed by atoms with van der Waals surface area (Å²) in [5.41, 5.74) is 6.20. The number of hydrogen-bond donors (Lipinski definition) is 2. The number of rotatable bonds is 5. The van der Waals surface area contributed by atoms with Gasteiger partial charge in [0.15, 0.2) is 0 Å². The summed E-state index contributed by atoms with van der Waals surface area (Å²) in [6.07, 6.45) is 0.455. The van der Waals surface area contributed by atoms with Gasteiger partial charge in [0.25, 0.3) is 0 Å². The largest absolute Gasteiger partial charge is 0.385 e. The van der Waals surface area contributed by atoms with Gasteiger partial charge in [-0.15, -0.1) is 0 Å². The standard InChI is InChI=1S/C11H14Cl2N2O2/c1-17-3-2-10(14)11(16)15-9-5-7(12)4-8(13)6-9/h4-6,10H,2-3,14H2,1H3,(H,15,16). The van der Waals surface area contributed by atoms with E-state index in [1.54, 1.807) is 25.3 Å². The van der Waals surface area contributed by atoms with Crippen molar-refractivity contribution < 1.29 is 9.53 Å². The van der Waals surface area contributed by atoms with Crippen molar-refractivity contribution in [3.8, 4) is 0 Å². The zero-order chi connectivity index (χ0) is 12.8. The van der Waals surface area contributed by atoms with Crippen molar-refractivity contribution in [1.82, 2.24) is 0 Å². The average Bonchev–Trinajstić information content (AvgIpc) is 2.24. The molecule has 17 heavy (non-hydrogen) atoms. The van der Waals surface area contributed by atoms with E-state index in [2.05, 4.69) is 5.32 Å². The molecule has 3 N–H and O–H groups in total. The highest BCUT2D eigenvalue weighted by atomic mass is 35.5. The lowest BCUT2D eigenvalue weighted by Crippen LogP contribution is -2.36. The minimum atomic E-state index is -0.618. The molecule has 4 nitrogen and oxygen atoms in total. The Labute approximate surface area is 110 Å². The molecule has 1 unspecified atom stereocenters. The number of anilines is 1. The van der Waals surface area contributed by atoms with Crippen LogP contribution in [0.5, 0.6) is 0 Å². The summed E-state index contributed by atoms with van der Waals surface area (Å²) in [6, 6.07) is 4.18. The number of benzene rings is 1. The zero-order valence-electron chi connectivity index (χ0n) is 9.37. The van der Waals surface area contributed by atoms with Crippen molar-refractivity contribution >= 4 is 34.8 Å². The number of methoxy groups -OCH3 is 1. The van der Waals surface area contributed by atoms with E-state index >= 15 is 0 Å². The molecule has 0 aromatic heterocycles. The van der Waals surface area contributed by atoms with Gasteiger partial charge in [0.2, 0.25) is 5.91 Å². The number of nitrogens with two attached hydrogens (primary N) is 1. The molecule has 0 bridgehead atoms. The lowest BCUT2D eigenvalue weighted by Gasteiger charge is -2.12. The molecule has 1 aromatic carbocycles. The van der Waals surface area contributed by atoms with Crippen molar-refractivity contribution in [2.24, 2.45) is 5.73 Å². The first kappa shape index (κ1) is 14.3. The van der Waals surface area contributed by atoms with Gasteiger partial charge >= 0.3 is 0 Å². The molecule has 0 spiro atoms. The van der Waals surface area contributed by atoms with Crippen LogP contribution >= 0.6 is 23.2 Å². The summed E-state index contributed by atoms with van der Waals surface area (Å²) in [5, 5.41) is 3.56. The van der Waals surface area contributed by atoms with Crippen molar-refractivity contribution in [1.29, 1.82) is 0 Å². The topological polar surface area (TPSA) is 64.3 Å². The van der Waals surface area contributed by atoms with Crippen molar-refractivity contribution in [3.63, 3.8) is 0 Å². The van der Waals surface area contributed by atoms with Gasteiger partial charge in [0.05, 0.1) is 6.04 Å². The lowest BCUT2D eigenvalue weighted by atomic mass is 10.2. The fraction of sp³-hybridized carbons (Fsp3) is 0.364. The fourth-order valence-electron chi connectivity index (χ4n) is 1.24. The third-order valence-electron chi connectivity index (χ3n) is 2.10. The zero-order valence-corrected chi connectivity index (χ0v) is 10.9. The summed E-state index contributed by atoms with van der Waals surface area (Å²) >= 11 is 11.6. The Hall–Kier alpha value is -0.810. The van der Waals surface area contributed by atoms with Gasteiger partial charge in [0.1, 0.15) is 0 Å². The third kappa shape index (κ3) is 4.91. The third-order valence-corrected chi connectivity index (χ3v) is 2.54. The molecule has 1 atom stereocenters. The summed E-state index contributed by atoms with van der Waals surface area (Å²) in [7, 11) is 1.56. The van der Waals surface area contributed by atoms with E-state index in [4.69, 9.17) is 33.7 Å². The highest BCUT2D eigenvalue weighted by molar-refractivity contribution is 6.35. The van der Waals surface area contributed by atoms with Gasteiger partial charge in [-0.2, -0.15) is 0 Å². The van der Waals surface area contributed by atoms with Crippen molar-refractivity contribution in [2.45, 2.75) is 12.5 Å². The summed E-state index contributed by atoms with van der Waals surface area (Å²) in [6.45, 7) is 0.435. The van der Waals surface area contributed by atoms with Gasteiger partial charge in [-0.25, -0.2) is 0 Å². The Balaban J connectivity index is 2.61. The first-order valence-corrected chi connectivity index (χ1v) is 5.80. The van der Waals surface area contributed by atoms with Crippen LogP contribution in [0, 0.1) is 0 Å². The number of nitrogens with one attached hydrogen (secondary N) is 1. The van der Waals surface area contributed by atoms with E-state index in [0.29, 0.717) is 28.8 Å². The van der Waals surface area contributed by atoms with Crippen molar-refractivity contribution in [3.05, 3.63) is 28.2 Å². The van der Waals surface area contributed by atoms with Crippen LogP contribution in [-0.4, -0.2) is 25.7 Å². The van der Waals surface area contributed by atoms with Gasteiger partial charge < -0.3 is 15.8 Å². The quantitative estimate of drug-likeness (QED) is 0.868. The smallest absolute Gasteiger partial charge is 0.241 e. The van der Waals surface area contributed by atoms with Crippen molar-refractivity contribution in [2.75, 3.05) is 19.0 Å². The number of halogens is 2. The molecular formula is C11H14Cl2N2O2. The molecular weight excluding hydrogens is 263 g/mol. The predicted molar refractivity (Wildman–Crippen MR) is 69.6 cm³/mol.